The van der Waals surface area contributed by atoms with Crippen molar-refractivity contribution in [3.63, 3.8) is 0 Å². The fourth-order valence-corrected chi connectivity index (χ4v) is 3.63. The molecule has 4 rings (SSSR count). The number of carbonyl (C=O) groups excluding carboxylic acids is 2. The fraction of sp³-hybridized carbons (Fsp3) is 0.273. The summed E-state index contributed by atoms with van der Waals surface area (Å²) in [5, 5.41) is 7.74. The highest BCUT2D eigenvalue weighted by molar-refractivity contribution is 7.14. The van der Waals surface area contributed by atoms with Crippen LogP contribution in [0.1, 0.15) is 48.5 Å². The predicted molar refractivity (Wildman–Crippen MR) is 119 cm³/mol. The van der Waals surface area contributed by atoms with Gasteiger partial charge in [-0.1, -0.05) is 20.8 Å². The van der Waals surface area contributed by atoms with Crippen molar-refractivity contribution in [1.29, 1.82) is 0 Å². The van der Waals surface area contributed by atoms with E-state index in [1.165, 1.54) is 17.6 Å². The van der Waals surface area contributed by atoms with Crippen molar-refractivity contribution in [3.05, 3.63) is 58.8 Å². The van der Waals surface area contributed by atoms with Gasteiger partial charge in [0.25, 0.3) is 5.91 Å². The molecule has 3 aromatic heterocycles. The second kappa shape index (κ2) is 7.99. The summed E-state index contributed by atoms with van der Waals surface area (Å²) >= 11 is 1.26. The molecule has 160 valence electrons. The summed E-state index contributed by atoms with van der Waals surface area (Å²) in [6, 6.07) is 6.95. The first-order chi connectivity index (χ1) is 14.7. The van der Waals surface area contributed by atoms with E-state index in [2.05, 4.69) is 20.6 Å². The molecule has 8 nitrogen and oxygen atoms in total. The number of nitrogens with one attached hydrogen (secondary N) is 2. The number of oxazole rings is 1. The number of nitrogens with zero attached hydrogens (tertiary/aromatic N) is 2. The predicted octanol–water partition coefficient (Wildman–Crippen LogP) is 4.92. The van der Waals surface area contributed by atoms with E-state index in [9.17, 15) is 9.59 Å². The molecule has 0 saturated carbocycles. The molecule has 0 unspecified atom stereocenters. The van der Waals surface area contributed by atoms with E-state index in [0.717, 1.165) is 0 Å². The number of amides is 2. The summed E-state index contributed by atoms with van der Waals surface area (Å²) in [6.07, 6.45) is 1.55. The molecule has 0 aliphatic carbocycles. The Balaban J connectivity index is 1.39. The number of hydrogen-bond donors (Lipinski definition) is 2. The highest BCUT2D eigenvalue weighted by Crippen LogP contribution is 2.27. The van der Waals surface area contributed by atoms with E-state index in [4.69, 9.17) is 8.83 Å². The van der Waals surface area contributed by atoms with Crippen molar-refractivity contribution < 1.29 is 18.4 Å². The third-order valence-corrected chi connectivity index (χ3v) is 5.34. The lowest BCUT2D eigenvalue weighted by atomic mass is 9.97. The molecule has 2 N–H and O–H groups in total. The van der Waals surface area contributed by atoms with E-state index in [1.54, 1.807) is 36.6 Å². The summed E-state index contributed by atoms with van der Waals surface area (Å²) in [5.74, 6) is 0.667. The summed E-state index contributed by atoms with van der Waals surface area (Å²) in [6.45, 7) is 7.80. The van der Waals surface area contributed by atoms with Gasteiger partial charge in [-0.3, -0.25) is 14.9 Å². The van der Waals surface area contributed by atoms with Crippen LogP contribution in [0.3, 0.4) is 0 Å². The molecule has 0 saturated heterocycles. The Morgan fingerprint density at radius 2 is 1.94 bits per heavy atom. The van der Waals surface area contributed by atoms with Gasteiger partial charge in [0.2, 0.25) is 11.8 Å². The standard InChI is InChI=1S/C22H22N4O4S/c1-12-15(7-8-29-12)19(28)26-21-24-14(11-31-21)10-18(27)23-13-5-6-17-16(9-13)25-20(30-17)22(2,3)4/h5-9,11H,10H2,1-4H3,(H,23,27)(H,24,26,28). The normalized spacial score (nSPS) is 11.6. The van der Waals surface area contributed by atoms with Crippen LogP contribution in [0.15, 0.2) is 44.7 Å². The molecule has 31 heavy (non-hydrogen) atoms. The SMILES string of the molecule is Cc1occc1C(=O)Nc1nc(CC(=O)Nc2ccc3oc(C(C)(C)C)nc3c2)cs1. The van der Waals surface area contributed by atoms with Crippen molar-refractivity contribution in [2.45, 2.75) is 39.5 Å². The Hall–Kier alpha value is -3.46. The number of anilines is 2. The Kier molecular flexibility index (Phi) is 5.36. The Morgan fingerprint density at radius 3 is 2.65 bits per heavy atom. The van der Waals surface area contributed by atoms with Gasteiger partial charge in [-0.25, -0.2) is 9.97 Å². The van der Waals surface area contributed by atoms with Crippen LogP contribution in [0.2, 0.25) is 0 Å². The number of hydrogen-bond acceptors (Lipinski definition) is 7. The van der Waals surface area contributed by atoms with Gasteiger partial charge in [0.05, 0.1) is 23.9 Å². The Bertz CT molecular complexity index is 1260. The highest BCUT2D eigenvalue weighted by Gasteiger charge is 2.21. The molecule has 4 aromatic rings. The Morgan fingerprint density at radius 1 is 1.13 bits per heavy atom. The van der Waals surface area contributed by atoms with Gasteiger partial charge in [0, 0.05) is 16.5 Å². The van der Waals surface area contributed by atoms with Crippen LogP contribution in [0.25, 0.3) is 11.1 Å². The molecular formula is C22H22N4O4S. The van der Waals surface area contributed by atoms with Crippen molar-refractivity contribution in [2.75, 3.05) is 10.6 Å². The minimum Gasteiger partial charge on any atom is -0.469 e. The molecule has 0 radical (unpaired) electrons. The molecule has 0 bridgehead atoms. The maximum Gasteiger partial charge on any atom is 0.260 e. The fourth-order valence-electron chi connectivity index (χ4n) is 2.93. The van der Waals surface area contributed by atoms with Crippen LogP contribution in [0, 0.1) is 6.92 Å². The number of carbonyl (C=O) groups is 2. The molecule has 2 amide bonds. The minimum atomic E-state index is -0.299. The molecule has 0 spiro atoms. The number of aryl methyl sites for hydroxylation is 1. The number of aromatic nitrogens is 2. The second-order valence-electron chi connectivity index (χ2n) is 8.17. The lowest BCUT2D eigenvalue weighted by Crippen LogP contribution is -2.15. The zero-order valence-electron chi connectivity index (χ0n) is 17.6. The molecule has 3 heterocycles. The molecular weight excluding hydrogens is 416 g/mol. The van der Waals surface area contributed by atoms with Crippen LogP contribution >= 0.6 is 11.3 Å². The molecule has 0 fully saturated rings. The van der Waals surface area contributed by atoms with Crippen LogP contribution in [-0.4, -0.2) is 21.8 Å². The molecule has 0 aliphatic rings. The zero-order valence-corrected chi connectivity index (χ0v) is 18.4. The van der Waals surface area contributed by atoms with Gasteiger partial charge in [-0.2, -0.15) is 0 Å². The van der Waals surface area contributed by atoms with Crippen LogP contribution in [-0.2, 0) is 16.6 Å². The Labute approximate surface area is 182 Å². The van der Waals surface area contributed by atoms with Gasteiger partial charge in [0.15, 0.2) is 10.7 Å². The van der Waals surface area contributed by atoms with Gasteiger partial charge < -0.3 is 14.2 Å². The van der Waals surface area contributed by atoms with Gasteiger partial charge in [0.1, 0.15) is 11.3 Å². The molecule has 0 aliphatic heterocycles. The third-order valence-electron chi connectivity index (χ3n) is 4.53. The summed E-state index contributed by atoms with van der Waals surface area (Å²) < 4.78 is 10.9. The maximum atomic E-state index is 12.5. The average molecular weight is 439 g/mol. The van der Waals surface area contributed by atoms with Crippen molar-refractivity contribution in [2.24, 2.45) is 0 Å². The largest absolute Gasteiger partial charge is 0.469 e. The number of thiazole rings is 1. The van der Waals surface area contributed by atoms with Crippen molar-refractivity contribution >= 4 is 45.1 Å². The van der Waals surface area contributed by atoms with Gasteiger partial charge in [-0.15, -0.1) is 11.3 Å². The summed E-state index contributed by atoms with van der Waals surface area (Å²) in [5.41, 5.74) is 2.82. The topological polar surface area (TPSA) is 110 Å². The van der Waals surface area contributed by atoms with Gasteiger partial charge >= 0.3 is 0 Å². The number of rotatable bonds is 5. The number of fused-ring (bicyclic) bond motifs is 1. The number of benzene rings is 1. The summed E-state index contributed by atoms with van der Waals surface area (Å²) in [7, 11) is 0. The molecule has 1 aromatic carbocycles. The quantitative estimate of drug-likeness (QED) is 0.458. The second-order valence-corrected chi connectivity index (χ2v) is 9.02. The van der Waals surface area contributed by atoms with E-state index in [1.807, 2.05) is 20.8 Å². The van der Waals surface area contributed by atoms with E-state index >= 15 is 0 Å². The molecule has 0 atom stereocenters. The minimum absolute atomic E-state index is 0.0845. The average Bonchev–Trinajstić information content (AvgIpc) is 3.40. The molecule has 9 heteroatoms. The van der Waals surface area contributed by atoms with Crippen LogP contribution in [0.4, 0.5) is 10.8 Å². The van der Waals surface area contributed by atoms with Crippen LogP contribution < -0.4 is 10.6 Å². The van der Waals surface area contributed by atoms with Crippen molar-refractivity contribution in [1.82, 2.24) is 9.97 Å². The first-order valence-electron chi connectivity index (χ1n) is 9.70. The van der Waals surface area contributed by atoms with Crippen molar-refractivity contribution in [3.8, 4) is 0 Å². The first-order valence-corrected chi connectivity index (χ1v) is 10.6. The summed E-state index contributed by atoms with van der Waals surface area (Å²) in [4.78, 5) is 33.5. The first kappa shape index (κ1) is 20.8. The van der Waals surface area contributed by atoms with E-state index in [0.29, 0.717) is 44.8 Å². The maximum absolute atomic E-state index is 12.5. The zero-order chi connectivity index (χ0) is 22.2. The van der Waals surface area contributed by atoms with E-state index in [-0.39, 0.29) is 23.7 Å². The highest BCUT2D eigenvalue weighted by atomic mass is 32.1. The monoisotopic (exact) mass is 438 g/mol. The number of furan rings is 1. The van der Waals surface area contributed by atoms with Crippen LogP contribution in [0.5, 0.6) is 0 Å². The van der Waals surface area contributed by atoms with E-state index < -0.39 is 0 Å². The lowest BCUT2D eigenvalue weighted by Gasteiger charge is -2.11. The lowest BCUT2D eigenvalue weighted by molar-refractivity contribution is -0.115. The smallest absolute Gasteiger partial charge is 0.260 e. The third kappa shape index (κ3) is 4.66. The van der Waals surface area contributed by atoms with Gasteiger partial charge in [-0.05, 0) is 31.2 Å².